The van der Waals surface area contributed by atoms with Crippen molar-refractivity contribution < 1.29 is 0 Å². The Bertz CT molecular complexity index is 92.7. The van der Waals surface area contributed by atoms with Crippen molar-refractivity contribution in [3.8, 4) is 0 Å². The summed E-state index contributed by atoms with van der Waals surface area (Å²) in [6.07, 6.45) is 5.60. The predicted molar refractivity (Wildman–Crippen MR) is 47.0 cm³/mol. The summed E-state index contributed by atoms with van der Waals surface area (Å²) in [5.74, 6) is 0. The normalized spacial score (nSPS) is 12.9. The van der Waals surface area contributed by atoms with Crippen LogP contribution >= 0.6 is 15.9 Å². The van der Waals surface area contributed by atoms with Crippen molar-refractivity contribution in [2.45, 2.75) is 27.2 Å². The lowest BCUT2D eigenvalue weighted by molar-refractivity contribution is 0.559. The molecule has 0 aliphatic carbocycles. The summed E-state index contributed by atoms with van der Waals surface area (Å²) in [4.78, 5) is 0. The van der Waals surface area contributed by atoms with E-state index in [1.54, 1.807) is 0 Å². The summed E-state index contributed by atoms with van der Waals surface area (Å²) in [5, 5.41) is 1.04. The average molecular weight is 191 g/mol. The van der Waals surface area contributed by atoms with E-state index in [2.05, 4.69) is 48.9 Å². The fraction of sp³-hybridized carbons (Fsp3) is 0.750. The van der Waals surface area contributed by atoms with Crippen LogP contribution in [0.1, 0.15) is 27.2 Å². The average Bonchev–Trinajstić information content (AvgIpc) is 1.84. The maximum atomic E-state index is 3.45. The standard InChI is InChI=1S/C8H15Br/c1-4-5-6-8(2,3)7-9/h5-6H,4,7H2,1-3H3. The van der Waals surface area contributed by atoms with Gasteiger partial charge < -0.3 is 0 Å². The van der Waals surface area contributed by atoms with E-state index in [0.29, 0.717) is 5.41 Å². The first kappa shape index (κ1) is 9.22. The van der Waals surface area contributed by atoms with Crippen LogP contribution in [0.5, 0.6) is 0 Å². The van der Waals surface area contributed by atoms with Crippen LogP contribution in [0, 0.1) is 5.41 Å². The summed E-state index contributed by atoms with van der Waals surface area (Å²) >= 11 is 3.45. The van der Waals surface area contributed by atoms with Crippen LogP contribution in [-0.4, -0.2) is 5.33 Å². The highest BCUT2D eigenvalue weighted by Crippen LogP contribution is 2.19. The Morgan fingerprint density at radius 1 is 1.44 bits per heavy atom. The van der Waals surface area contributed by atoms with Crippen LogP contribution in [0.3, 0.4) is 0 Å². The Balaban J connectivity index is 3.70. The summed E-state index contributed by atoms with van der Waals surface area (Å²) < 4.78 is 0. The number of hydrogen-bond acceptors (Lipinski definition) is 0. The highest BCUT2D eigenvalue weighted by molar-refractivity contribution is 9.09. The van der Waals surface area contributed by atoms with Gasteiger partial charge in [0.25, 0.3) is 0 Å². The molecule has 0 aliphatic heterocycles. The molecule has 0 aromatic carbocycles. The topological polar surface area (TPSA) is 0 Å². The Labute approximate surface area is 66.5 Å². The minimum atomic E-state index is 0.329. The van der Waals surface area contributed by atoms with Gasteiger partial charge in [-0.3, -0.25) is 0 Å². The zero-order valence-electron chi connectivity index (χ0n) is 6.45. The second-order valence-corrected chi connectivity index (χ2v) is 3.49. The molecule has 0 spiro atoms. The van der Waals surface area contributed by atoms with E-state index in [9.17, 15) is 0 Å². The zero-order chi connectivity index (χ0) is 7.33. The van der Waals surface area contributed by atoms with Gasteiger partial charge in [-0.2, -0.15) is 0 Å². The summed E-state index contributed by atoms with van der Waals surface area (Å²) in [7, 11) is 0. The monoisotopic (exact) mass is 190 g/mol. The van der Waals surface area contributed by atoms with Gasteiger partial charge in [-0.25, -0.2) is 0 Å². The Morgan fingerprint density at radius 3 is 2.33 bits per heavy atom. The third kappa shape index (κ3) is 4.71. The SMILES string of the molecule is CCC=CC(C)(C)CBr. The third-order valence-electron chi connectivity index (χ3n) is 1.15. The lowest BCUT2D eigenvalue weighted by Crippen LogP contribution is -2.07. The molecule has 0 unspecified atom stereocenters. The highest BCUT2D eigenvalue weighted by Gasteiger charge is 2.09. The molecule has 9 heavy (non-hydrogen) atoms. The molecule has 0 N–H and O–H groups in total. The van der Waals surface area contributed by atoms with Crippen molar-refractivity contribution in [2.24, 2.45) is 5.41 Å². The van der Waals surface area contributed by atoms with Gasteiger partial charge in [0.2, 0.25) is 0 Å². The van der Waals surface area contributed by atoms with Crippen LogP contribution in [-0.2, 0) is 0 Å². The maximum absolute atomic E-state index is 3.45. The van der Waals surface area contributed by atoms with E-state index in [0.717, 1.165) is 11.8 Å². The fourth-order valence-electron chi connectivity index (χ4n) is 0.481. The molecular formula is C8H15Br. The molecule has 0 atom stereocenters. The molecule has 0 aromatic rings. The number of rotatable bonds is 3. The van der Waals surface area contributed by atoms with Crippen molar-refractivity contribution >= 4 is 15.9 Å². The van der Waals surface area contributed by atoms with Crippen molar-refractivity contribution in [1.29, 1.82) is 0 Å². The highest BCUT2D eigenvalue weighted by atomic mass is 79.9. The molecule has 0 bridgehead atoms. The quantitative estimate of drug-likeness (QED) is 0.473. The first-order valence-electron chi connectivity index (χ1n) is 3.36. The van der Waals surface area contributed by atoms with Crippen molar-refractivity contribution in [3.05, 3.63) is 12.2 Å². The molecular weight excluding hydrogens is 176 g/mol. The van der Waals surface area contributed by atoms with Gasteiger partial charge in [0.05, 0.1) is 0 Å². The van der Waals surface area contributed by atoms with E-state index in [1.165, 1.54) is 0 Å². The minimum absolute atomic E-state index is 0.329. The smallest absolute Gasteiger partial charge is 0.0117 e. The van der Waals surface area contributed by atoms with E-state index >= 15 is 0 Å². The first-order chi connectivity index (χ1) is 4.12. The summed E-state index contributed by atoms with van der Waals surface area (Å²) in [5.41, 5.74) is 0.329. The molecule has 0 amide bonds. The minimum Gasteiger partial charge on any atom is -0.0919 e. The van der Waals surface area contributed by atoms with Crippen LogP contribution in [0.25, 0.3) is 0 Å². The van der Waals surface area contributed by atoms with Gasteiger partial charge in [-0.05, 0) is 11.8 Å². The second-order valence-electron chi connectivity index (χ2n) is 2.93. The van der Waals surface area contributed by atoms with Gasteiger partial charge in [-0.1, -0.05) is 48.9 Å². The lowest BCUT2D eigenvalue weighted by Gasteiger charge is -2.14. The molecule has 0 fully saturated rings. The van der Waals surface area contributed by atoms with Gasteiger partial charge in [0.1, 0.15) is 0 Å². The fourth-order valence-corrected chi connectivity index (χ4v) is 0.668. The molecule has 0 saturated carbocycles. The summed E-state index contributed by atoms with van der Waals surface area (Å²) in [6, 6.07) is 0. The molecule has 1 heteroatoms. The van der Waals surface area contributed by atoms with Crippen LogP contribution in [0.15, 0.2) is 12.2 Å². The van der Waals surface area contributed by atoms with Gasteiger partial charge in [-0.15, -0.1) is 0 Å². The third-order valence-corrected chi connectivity index (χ3v) is 2.59. The predicted octanol–water partition coefficient (Wildman–Crippen LogP) is 3.37. The van der Waals surface area contributed by atoms with Gasteiger partial charge >= 0.3 is 0 Å². The van der Waals surface area contributed by atoms with Crippen LogP contribution in [0.4, 0.5) is 0 Å². The molecule has 0 aromatic heterocycles. The Morgan fingerprint density at radius 2 is 2.00 bits per heavy atom. The molecule has 0 radical (unpaired) electrons. The molecule has 0 aliphatic rings. The molecule has 0 rings (SSSR count). The maximum Gasteiger partial charge on any atom is 0.0117 e. The van der Waals surface area contributed by atoms with Gasteiger partial charge in [0.15, 0.2) is 0 Å². The summed E-state index contributed by atoms with van der Waals surface area (Å²) in [6.45, 7) is 6.59. The lowest BCUT2D eigenvalue weighted by atomic mass is 9.96. The van der Waals surface area contributed by atoms with Crippen molar-refractivity contribution in [2.75, 3.05) is 5.33 Å². The Kier molecular flexibility index (Phi) is 4.20. The number of hydrogen-bond donors (Lipinski definition) is 0. The second kappa shape index (κ2) is 4.10. The molecule has 0 saturated heterocycles. The van der Waals surface area contributed by atoms with E-state index < -0.39 is 0 Å². The molecule has 54 valence electrons. The van der Waals surface area contributed by atoms with Crippen LogP contribution < -0.4 is 0 Å². The number of halogens is 1. The van der Waals surface area contributed by atoms with E-state index in [1.807, 2.05) is 0 Å². The molecule has 0 heterocycles. The zero-order valence-corrected chi connectivity index (χ0v) is 8.03. The van der Waals surface area contributed by atoms with E-state index in [4.69, 9.17) is 0 Å². The number of alkyl halides is 1. The number of allylic oxidation sites excluding steroid dienone is 2. The first-order valence-corrected chi connectivity index (χ1v) is 4.48. The molecule has 0 nitrogen and oxygen atoms in total. The Hall–Kier alpha value is 0.220. The van der Waals surface area contributed by atoms with Gasteiger partial charge in [0, 0.05) is 5.33 Å². The van der Waals surface area contributed by atoms with Crippen LogP contribution in [0.2, 0.25) is 0 Å². The van der Waals surface area contributed by atoms with Crippen molar-refractivity contribution in [3.63, 3.8) is 0 Å². The van der Waals surface area contributed by atoms with Crippen molar-refractivity contribution in [1.82, 2.24) is 0 Å². The largest absolute Gasteiger partial charge is 0.0919 e. The van der Waals surface area contributed by atoms with E-state index in [-0.39, 0.29) is 0 Å².